The highest BCUT2D eigenvalue weighted by atomic mass is 16.6. The van der Waals surface area contributed by atoms with Crippen molar-refractivity contribution in [1.29, 1.82) is 0 Å². The number of rotatable bonds is 6. The van der Waals surface area contributed by atoms with Crippen LogP contribution < -0.4 is 0 Å². The molecule has 6 heteroatoms. The Morgan fingerprint density at radius 3 is 2.44 bits per heavy atom. The van der Waals surface area contributed by atoms with Gasteiger partial charge in [-0.1, -0.05) is 31.1 Å². The molecule has 0 saturated heterocycles. The molecule has 0 heterocycles. The van der Waals surface area contributed by atoms with Crippen LogP contribution in [0.5, 0.6) is 0 Å². The van der Waals surface area contributed by atoms with Crippen molar-refractivity contribution < 1.29 is 4.92 Å². The number of nitrogens with zero attached hydrogens (tertiary/aromatic N) is 4. The molecule has 0 saturated carbocycles. The van der Waals surface area contributed by atoms with E-state index in [2.05, 4.69) is 23.9 Å². The lowest BCUT2D eigenvalue weighted by Gasteiger charge is -2.17. The number of nitro benzene ring substituents is 1. The van der Waals surface area contributed by atoms with Gasteiger partial charge in [0.2, 0.25) is 0 Å². The summed E-state index contributed by atoms with van der Waals surface area (Å²) in [7, 11) is 0. The van der Waals surface area contributed by atoms with Crippen LogP contribution >= 0.6 is 0 Å². The molecule has 0 radical (unpaired) electrons. The van der Waals surface area contributed by atoms with Gasteiger partial charge in [0.15, 0.2) is 0 Å². The van der Waals surface area contributed by atoms with Crippen molar-refractivity contribution in [2.24, 2.45) is 11.0 Å². The summed E-state index contributed by atoms with van der Waals surface area (Å²) in [5, 5.41) is 14.2. The van der Waals surface area contributed by atoms with Gasteiger partial charge in [0.05, 0.1) is 4.92 Å². The van der Waals surface area contributed by atoms with Gasteiger partial charge < -0.3 is 0 Å². The Morgan fingerprint density at radius 1 is 1.39 bits per heavy atom. The predicted molar refractivity (Wildman–Crippen MR) is 69.3 cm³/mol. The second-order valence-electron chi connectivity index (χ2n) is 4.59. The third kappa shape index (κ3) is 4.07. The van der Waals surface area contributed by atoms with Gasteiger partial charge >= 0.3 is 0 Å². The minimum atomic E-state index is -0.422. The van der Waals surface area contributed by atoms with E-state index in [0.717, 1.165) is 12.0 Å². The molecule has 0 aromatic heterocycles. The number of nitro groups is 1. The summed E-state index contributed by atoms with van der Waals surface area (Å²) in [6, 6.07) is 6.44. The average Bonchev–Trinajstić information content (AvgIpc) is 2.34. The van der Waals surface area contributed by atoms with Crippen molar-refractivity contribution >= 4 is 5.69 Å². The Labute approximate surface area is 105 Å². The van der Waals surface area contributed by atoms with E-state index in [1.807, 2.05) is 0 Å². The number of hydrogen-bond acceptors (Lipinski definition) is 3. The van der Waals surface area contributed by atoms with Gasteiger partial charge in [0, 0.05) is 23.6 Å². The molecule has 0 aliphatic rings. The first-order valence-corrected chi connectivity index (χ1v) is 5.79. The summed E-state index contributed by atoms with van der Waals surface area (Å²) in [6.07, 6.45) is 0.886. The first-order valence-electron chi connectivity index (χ1n) is 5.79. The monoisotopic (exact) mass is 248 g/mol. The third-order valence-electron chi connectivity index (χ3n) is 2.70. The van der Waals surface area contributed by atoms with Gasteiger partial charge in [-0.15, -0.1) is 0 Å². The van der Waals surface area contributed by atoms with E-state index < -0.39 is 4.92 Å². The van der Waals surface area contributed by atoms with Crippen LogP contribution in [0.4, 0.5) is 5.69 Å². The molecule has 1 aromatic rings. The lowest BCUT2D eigenvalue weighted by molar-refractivity contribution is -0.384. The molecule has 0 aliphatic heterocycles. The highest BCUT2D eigenvalue weighted by molar-refractivity contribution is 5.34. The van der Waals surface area contributed by atoms with Crippen LogP contribution in [0.25, 0.3) is 10.4 Å². The molecule has 6 nitrogen and oxygen atoms in total. The normalized spacial score (nSPS) is 11.9. The molecule has 0 bridgehead atoms. The van der Waals surface area contributed by atoms with Crippen molar-refractivity contribution in [2.75, 3.05) is 6.54 Å². The molecule has 0 amide bonds. The smallest absolute Gasteiger partial charge is 0.258 e. The summed E-state index contributed by atoms with van der Waals surface area (Å²) in [6.45, 7) is 4.56. The molecular formula is C12H16N4O2. The molecule has 1 rings (SSSR count). The van der Waals surface area contributed by atoms with Crippen LogP contribution in [-0.2, 0) is 0 Å². The average molecular weight is 248 g/mol. The molecule has 0 unspecified atom stereocenters. The van der Waals surface area contributed by atoms with Gasteiger partial charge in [-0.25, -0.2) is 0 Å². The van der Waals surface area contributed by atoms with Crippen molar-refractivity contribution in [1.82, 2.24) is 0 Å². The minimum absolute atomic E-state index is 0.0748. The largest absolute Gasteiger partial charge is 0.269 e. The molecule has 18 heavy (non-hydrogen) atoms. The van der Waals surface area contributed by atoms with Gasteiger partial charge in [-0.05, 0) is 29.4 Å². The first-order chi connectivity index (χ1) is 8.54. The van der Waals surface area contributed by atoms with E-state index in [0.29, 0.717) is 12.5 Å². The Hall–Kier alpha value is -2.07. The summed E-state index contributed by atoms with van der Waals surface area (Å²) in [4.78, 5) is 12.9. The van der Waals surface area contributed by atoms with Crippen molar-refractivity contribution in [3.05, 3.63) is 50.4 Å². The summed E-state index contributed by atoms with van der Waals surface area (Å²) < 4.78 is 0. The molecule has 0 spiro atoms. The molecule has 1 aromatic carbocycles. The maximum Gasteiger partial charge on any atom is 0.269 e. The Bertz CT molecular complexity index is 450. The zero-order chi connectivity index (χ0) is 13.5. The molecule has 0 aliphatic carbocycles. The Morgan fingerprint density at radius 2 is 2.00 bits per heavy atom. The molecule has 0 fully saturated rings. The molecule has 1 atom stereocenters. The van der Waals surface area contributed by atoms with E-state index in [-0.39, 0.29) is 11.6 Å². The van der Waals surface area contributed by atoms with Crippen LogP contribution in [0.1, 0.15) is 31.7 Å². The van der Waals surface area contributed by atoms with Gasteiger partial charge in [0.1, 0.15) is 0 Å². The van der Waals surface area contributed by atoms with Crippen molar-refractivity contribution in [3.63, 3.8) is 0 Å². The zero-order valence-corrected chi connectivity index (χ0v) is 10.5. The minimum Gasteiger partial charge on any atom is -0.258 e. The fourth-order valence-electron chi connectivity index (χ4n) is 1.89. The third-order valence-corrected chi connectivity index (χ3v) is 2.70. The topological polar surface area (TPSA) is 91.9 Å². The summed E-state index contributed by atoms with van der Waals surface area (Å²) >= 11 is 0. The zero-order valence-electron chi connectivity index (χ0n) is 10.5. The van der Waals surface area contributed by atoms with Crippen LogP contribution in [0.3, 0.4) is 0 Å². The Kier molecular flexibility index (Phi) is 5.14. The Balaban J connectivity index is 2.90. The van der Waals surface area contributed by atoms with E-state index in [4.69, 9.17) is 5.53 Å². The van der Waals surface area contributed by atoms with Crippen LogP contribution in [0, 0.1) is 16.0 Å². The highest BCUT2D eigenvalue weighted by Crippen LogP contribution is 2.26. The fourth-order valence-corrected chi connectivity index (χ4v) is 1.89. The second-order valence-corrected chi connectivity index (χ2v) is 4.59. The lowest BCUT2D eigenvalue weighted by Crippen LogP contribution is -2.06. The van der Waals surface area contributed by atoms with Gasteiger partial charge in [-0.2, -0.15) is 0 Å². The van der Waals surface area contributed by atoms with Gasteiger partial charge in [-0.3, -0.25) is 10.1 Å². The molecular weight excluding hydrogens is 232 g/mol. The summed E-state index contributed by atoms with van der Waals surface area (Å²) in [5.74, 6) is 0.584. The van der Waals surface area contributed by atoms with E-state index in [1.54, 1.807) is 12.1 Å². The fraction of sp³-hybridized carbons (Fsp3) is 0.500. The number of benzene rings is 1. The molecule has 96 valence electrons. The number of hydrogen-bond donors (Lipinski definition) is 0. The quantitative estimate of drug-likeness (QED) is 0.250. The lowest BCUT2D eigenvalue weighted by atomic mass is 9.90. The van der Waals surface area contributed by atoms with E-state index >= 15 is 0 Å². The standard InChI is InChI=1S/C12H16N4O2/c1-9(2)7-11(8-14-15-13)10-3-5-12(6-4-10)16(17)18/h3-6,9,11H,7-8H2,1-2H3/t11-/m1/s1. The number of non-ortho nitro benzene ring substituents is 1. The van der Waals surface area contributed by atoms with E-state index in [1.165, 1.54) is 12.1 Å². The van der Waals surface area contributed by atoms with Crippen LogP contribution in [-0.4, -0.2) is 11.5 Å². The van der Waals surface area contributed by atoms with Crippen molar-refractivity contribution in [2.45, 2.75) is 26.2 Å². The SMILES string of the molecule is CC(C)C[C@H](CN=[N+]=[N-])c1ccc([N+](=O)[O-])cc1. The van der Waals surface area contributed by atoms with E-state index in [9.17, 15) is 10.1 Å². The van der Waals surface area contributed by atoms with Gasteiger partial charge in [0.25, 0.3) is 5.69 Å². The van der Waals surface area contributed by atoms with Crippen LogP contribution in [0.15, 0.2) is 29.4 Å². The summed E-state index contributed by atoms with van der Waals surface area (Å²) in [5.41, 5.74) is 9.43. The maximum atomic E-state index is 10.6. The number of azide groups is 1. The molecule has 0 N–H and O–H groups in total. The maximum absolute atomic E-state index is 10.6. The predicted octanol–water partition coefficient (Wildman–Crippen LogP) is 4.03. The highest BCUT2D eigenvalue weighted by Gasteiger charge is 2.14. The van der Waals surface area contributed by atoms with Crippen LogP contribution in [0.2, 0.25) is 0 Å². The first kappa shape index (κ1) is 14.0. The van der Waals surface area contributed by atoms with Crippen molar-refractivity contribution in [3.8, 4) is 0 Å². The second kappa shape index (κ2) is 6.61.